The minimum Gasteiger partial charge on any atom is -0.330 e. The number of sulfonamides is 1. The van der Waals surface area contributed by atoms with Crippen LogP contribution in [-0.4, -0.2) is 32.2 Å². The summed E-state index contributed by atoms with van der Waals surface area (Å²) in [6, 6.07) is 3.63. The number of rotatable bonds is 7. The average Bonchev–Trinajstić information content (AvgIpc) is 2.28. The van der Waals surface area contributed by atoms with Crippen molar-refractivity contribution in [1.82, 2.24) is 9.71 Å². The van der Waals surface area contributed by atoms with Crippen molar-refractivity contribution in [2.24, 2.45) is 5.73 Å². The molecule has 5 nitrogen and oxygen atoms in total. The van der Waals surface area contributed by atoms with E-state index in [1.807, 2.05) is 12.1 Å². The number of aryl methyl sites for hydroxylation is 1. The lowest BCUT2D eigenvalue weighted by molar-refractivity contribution is 0.579. The molecule has 3 N–H and O–H groups in total. The van der Waals surface area contributed by atoms with Crippen LogP contribution in [0.15, 0.2) is 24.5 Å². The molecular formula is C10H17N3O2S. The first-order chi connectivity index (χ1) is 7.64. The maximum Gasteiger partial charge on any atom is 0.211 e. The third-order valence-electron chi connectivity index (χ3n) is 2.11. The molecule has 0 saturated heterocycles. The predicted octanol–water partition coefficient (Wildman–Crippen LogP) is -0.108. The van der Waals surface area contributed by atoms with Gasteiger partial charge in [-0.3, -0.25) is 4.98 Å². The Kier molecular flexibility index (Phi) is 5.37. The van der Waals surface area contributed by atoms with E-state index in [4.69, 9.17) is 5.73 Å². The van der Waals surface area contributed by atoms with Crippen molar-refractivity contribution in [2.45, 2.75) is 12.8 Å². The fourth-order valence-corrected chi connectivity index (χ4v) is 2.31. The van der Waals surface area contributed by atoms with E-state index in [1.54, 1.807) is 12.4 Å². The quantitative estimate of drug-likeness (QED) is 0.654. The van der Waals surface area contributed by atoms with Crippen LogP contribution in [0.3, 0.4) is 0 Å². The zero-order valence-corrected chi connectivity index (χ0v) is 9.91. The lowest BCUT2D eigenvalue weighted by Crippen LogP contribution is -2.29. The first-order valence-electron chi connectivity index (χ1n) is 5.20. The molecule has 90 valence electrons. The van der Waals surface area contributed by atoms with Gasteiger partial charge in [0.25, 0.3) is 0 Å². The zero-order chi connectivity index (χ0) is 11.9. The zero-order valence-electron chi connectivity index (χ0n) is 9.09. The largest absolute Gasteiger partial charge is 0.330 e. The molecule has 0 aromatic carbocycles. The summed E-state index contributed by atoms with van der Waals surface area (Å²) in [5.74, 6) is 0.0988. The number of aromatic nitrogens is 1. The molecular weight excluding hydrogens is 226 g/mol. The number of hydrogen-bond donors (Lipinski definition) is 2. The molecule has 1 aromatic rings. The maximum absolute atomic E-state index is 11.5. The summed E-state index contributed by atoms with van der Waals surface area (Å²) >= 11 is 0. The van der Waals surface area contributed by atoms with Crippen molar-refractivity contribution in [2.75, 3.05) is 18.8 Å². The number of pyridine rings is 1. The van der Waals surface area contributed by atoms with E-state index in [0.717, 1.165) is 5.56 Å². The van der Waals surface area contributed by atoms with Crippen LogP contribution in [0.4, 0.5) is 0 Å². The van der Waals surface area contributed by atoms with E-state index in [9.17, 15) is 8.42 Å². The van der Waals surface area contributed by atoms with Crippen LogP contribution in [0, 0.1) is 0 Å². The molecule has 0 spiro atoms. The van der Waals surface area contributed by atoms with Gasteiger partial charge in [-0.25, -0.2) is 13.1 Å². The van der Waals surface area contributed by atoms with Crippen LogP contribution in [0.25, 0.3) is 0 Å². The van der Waals surface area contributed by atoms with E-state index in [1.165, 1.54) is 0 Å². The molecule has 0 aliphatic heterocycles. The first kappa shape index (κ1) is 13.1. The molecule has 0 aliphatic rings. The minimum absolute atomic E-state index is 0.0988. The van der Waals surface area contributed by atoms with Gasteiger partial charge in [0, 0.05) is 18.9 Å². The molecule has 1 heterocycles. The van der Waals surface area contributed by atoms with E-state index in [-0.39, 0.29) is 5.75 Å². The fraction of sp³-hybridized carbons (Fsp3) is 0.500. The van der Waals surface area contributed by atoms with Gasteiger partial charge in [-0.05, 0) is 37.1 Å². The molecule has 0 saturated carbocycles. The minimum atomic E-state index is -3.18. The summed E-state index contributed by atoms with van der Waals surface area (Å²) < 4.78 is 25.5. The highest BCUT2D eigenvalue weighted by Gasteiger charge is 2.08. The number of hydrogen-bond acceptors (Lipinski definition) is 4. The van der Waals surface area contributed by atoms with Crippen LogP contribution < -0.4 is 10.5 Å². The van der Waals surface area contributed by atoms with Crippen LogP contribution >= 0.6 is 0 Å². The third-order valence-corrected chi connectivity index (χ3v) is 3.50. The Bertz CT molecular complexity index is 392. The van der Waals surface area contributed by atoms with Crippen LogP contribution in [0.2, 0.25) is 0 Å². The Hall–Kier alpha value is -0.980. The molecule has 16 heavy (non-hydrogen) atoms. The average molecular weight is 243 g/mol. The second kappa shape index (κ2) is 6.57. The number of nitrogens with zero attached hydrogens (tertiary/aromatic N) is 1. The standard InChI is InChI=1S/C10H17N3O2S/c11-5-1-6-13-16(14,15)9-4-10-2-7-12-8-3-10/h2-3,7-8,13H,1,4-6,9,11H2. The highest BCUT2D eigenvalue weighted by molar-refractivity contribution is 7.89. The van der Waals surface area contributed by atoms with Gasteiger partial charge in [0.2, 0.25) is 10.0 Å². The maximum atomic E-state index is 11.5. The topological polar surface area (TPSA) is 85.1 Å². The van der Waals surface area contributed by atoms with Gasteiger partial charge in [0.05, 0.1) is 5.75 Å². The molecule has 0 unspecified atom stereocenters. The lowest BCUT2D eigenvalue weighted by Gasteiger charge is -2.05. The van der Waals surface area contributed by atoms with Crippen molar-refractivity contribution in [3.05, 3.63) is 30.1 Å². The van der Waals surface area contributed by atoms with E-state index in [2.05, 4.69) is 9.71 Å². The molecule has 0 bridgehead atoms. The number of nitrogens with two attached hydrogens (primary N) is 1. The molecule has 0 fully saturated rings. The second-order valence-corrected chi connectivity index (χ2v) is 5.39. The normalized spacial score (nSPS) is 11.6. The van der Waals surface area contributed by atoms with Gasteiger partial charge in [0.1, 0.15) is 0 Å². The smallest absolute Gasteiger partial charge is 0.211 e. The molecule has 1 rings (SSSR count). The van der Waals surface area contributed by atoms with Crippen molar-refractivity contribution < 1.29 is 8.42 Å². The summed E-state index contributed by atoms with van der Waals surface area (Å²) in [5, 5.41) is 0. The molecule has 0 radical (unpaired) electrons. The van der Waals surface area contributed by atoms with Gasteiger partial charge < -0.3 is 5.73 Å². The van der Waals surface area contributed by atoms with Gasteiger partial charge in [0.15, 0.2) is 0 Å². The summed E-state index contributed by atoms with van der Waals surface area (Å²) in [5.41, 5.74) is 6.25. The number of nitrogens with one attached hydrogen (secondary N) is 1. The highest BCUT2D eigenvalue weighted by atomic mass is 32.2. The summed E-state index contributed by atoms with van der Waals surface area (Å²) in [6.45, 7) is 0.905. The summed E-state index contributed by atoms with van der Waals surface area (Å²) in [4.78, 5) is 3.87. The van der Waals surface area contributed by atoms with Gasteiger partial charge in [-0.2, -0.15) is 0 Å². The SMILES string of the molecule is NCCCNS(=O)(=O)CCc1ccncc1. The summed E-state index contributed by atoms with van der Waals surface area (Å²) in [6.07, 6.45) is 4.47. The van der Waals surface area contributed by atoms with Crippen molar-refractivity contribution >= 4 is 10.0 Å². The van der Waals surface area contributed by atoms with Gasteiger partial charge in [-0.1, -0.05) is 0 Å². The van der Waals surface area contributed by atoms with Crippen LogP contribution in [0.5, 0.6) is 0 Å². The van der Waals surface area contributed by atoms with Crippen molar-refractivity contribution in [1.29, 1.82) is 0 Å². The fourth-order valence-electron chi connectivity index (χ4n) is 1.20. The van der Waals surface area contributed by atoms with E-state index < -0.39 is 10.0 Å². The molecule has 0 atom stereocenters. The first-order valence-corrected chi connectivity index (χ1v) is 6.85. The Balaban J connectivity index is 2.36. The lowest BCUT2D eigenvalue weighted by atomic mass is 10.2. The Morgan fingerprint density at radius 3 is 2.62 bits per heavy atom. The Morgan fingerprint density at radius 2 is 2.00 bits per heavy atom. The van der Waals surface area contributed by atoms with Gasteiger partial charge in [-0.15, -0.1) is 0 Å². The van der Waals surface area contributed by atoms with Crippen LogP contribution in [-0.2, 0) is 16.4 Å². The molecule has 0 amide bonds. The van der Waals surface area contributed by atoms with E-state index in [0.29, 0.717) is 25.9 Å². The third kappa shape index (κ3) is 5.20. The van der Waals surface area contributed by atoms with Crippen molar-refractivity contribution in [3.8, 4) is 0 Å². The Morgan fingerprint density at radius 1 is 1.31 bits per heavy atom. The van der Waals surface area contributed by atoms with Crippen molar-refractivity contribution in [3.63, 3.8) is 0 Å². The molecule has 0 aliphatic carbocycles. The van der Waals surface area contributed by atoms with E-state index >= 15 is 0 Å². The van der Waals surface area contributed by atoms with Gasteiger partial charge >= 0.3 is 0 Å². The summed E-state index contributed by atoms with van der Waals surface area (Å²) in [7, 11) is -3.18. The monoisotopic (exact) mass is 243 g/mol. The molecule has 1 aromatic heterocycles. The van der Waals surface area contributed by atoms with Crippen LogP contribution in [0.1, 0.15) is 12.0 Å². The molecule has 6 heteroatoms. The predicted molar refractivity (Wildman–Crippen MR) is 63.4 cm³/mol. The second-order valence-electron chi connectivity index (χ2n) is 3.46. The Labute approximate surface area is 96.1 Å². The highest BCUT2D eigenvalue weighted by Crippen LogP contribution is 1.99.